The van der Waals surface area contributed by atoms with Crippen LogP contribution in [0.15, 0.2) is 29.6 Å². The van der Waals surface area contributed by atoms with Crippen molar-refractivity contribution in [3.05, 3.63) is 40.2 Å². The van der Waals surface area contributed by atoms with Crippen LogP contribution in [0.3, 0.4) is 0 Å². The number of nitrogens with zero attached hydrogens (tertiary/aromatic N) is 5. The molecule has 11 nitrogen and oxygen atoms in total. The van der Waals surface area contributed by atoms with Gasteiger partial charge in [0.15, 0.2) is 0 Å². The van der Waals surface area contributed by atoms with Crippen molar-refractivity contribution in [3.63, 3.8) is 0 Å². The summed E-state index contributed by atoms with van der Waals surface area (Å²) in [6.07, 6.45) is 1.17. The van der Waals surface area contributed by atoms with Crippen molar-refractivity contribution in [1.29, 1.82) is 0 Å². The van der Waals surface area contributed by atoms with Crippen LogP contribution in [-0.2, 0) is 6.54 Å². The minimum atomic E-state index is -0.724. The van der Waals surface area contributed by atoms with Crippen LogP contribution in [0.25, 0.3) is 0 Å². The van der Waals surface area contributed by atoms with Crippen molar-refractivity contribution in [3.8, 4) is 11.5 Å². The van der Waals surface area contributed by atoms with Crippen molar-refractivity contribution >= 4 is 17.6 Å². The average Bonchev–Trinajstić information content (AvgIpc) is 2.93. The number of amides is 1. The van der Waals surface area contributed by atoms with E-state index in [0.717, 1.165) is 6.07 Å². The first-order valence-corrected chi connectivity index (χ1v) is 6.26. The highest BCUT2D eigenvalue weighted by atomic mass is 16.6. The summed E-state index contributed by atoms with van der Waals surface area (Å²) in [7, 11) is 0. The Morgan fingerprint density at radius 2 is 2.22 bits per heavy atom. The molecule has 120 valence electrons. The summed E-state index contributed by atoms with van der Waals surface area (Å²) in [5.74, 6) is -1.77. The van der Waals surface area contributed by atoms with Crippen LogP contribution >= 0.6 is 0 Å². The maximum absolute atomic E-state index is 11.8. The number of phenolic OH excluding ortho intramolecular Hbond substituents is 2. The quantitative estimate of drug-likeness (QED) is 0.409. The number of aromatic nitrogens is 3. The molecule has 0 aliphatic heterocycles. The molecule has 1 heterocycles. The Balaban J connectivity index is 2.00. The average molecular weight is 320 g/mol. The summed E-state index contributed by atoms with van der Waals surface area (Å²) < 4.78 is 1.20. The van der Waals surface area contributed by atoms with E-state index >= 15 is 0 Å². The highest BCUT2D eigenvalue weighted by Crippen LogP contribution is 2.22. The monoisotopic (exact) mass is 320 g/mol. The summed E-state index contributed by atoms with van der Waals surface area (Å²) in [6.45, 7) is 1.66. The molecule has 0 saturated heterocycles. The Bertz CT molecular complexity index is 784. The van der Waals surface area contributed by atoms with E-state index in [4.69, 9.17) is 5.11 Å². The van der Waals surface area contributed by atoms with Crippen LogP contribution < -0.4 is 5.43 Å². The van der Waals surface area contributed by atoms with E-state index in [1.807, 2.05) is 0 Å². The summed E-state index contributed by atoms with van der Waals surface area (Å²) in [5.41, 5.74) is 2.56. The van der Waals surface area contributed by atoms with Gasteiger partial charge < -0.3 is 20.3 Å². The third kappa shape index (κ3) is 4.00. The Labute approximate surface area is 129 Å². The molecule has 0 atom stereocenters. The van der Waals surface area contributed by atoms with E-state index in [1.165, 1.54) is 23.1 Å². The summed E-state index contributed by atoms with van der Waals surface area (Å²) in [6, 6.07) is 3.52. The van der Waals surface area contributed by atoms with Crippen LogP contribution in [0, 0.1) is 10.1 Å². The fraction of sp³-hybridized carbons (Fsp3) is 0.167. The number of rotatable bonds is 5. The lowest BCUT2D eigenvalue weighted by atomic mass is 10.2. The maximum atomic E-state index is 11.8. The zero-order chi connectivity index (χ0) is 17.0. The highest BCUT2D eigenvalue weighted by molar-refractivity contribution is 5.97. The molecule has 0 bridgehead atoms. The molecule has 1 aromatic carbocycles. The summed E-state index contributed by atoms with van der Waals surface area (Å²) in [4.78, 5) is 25.1. The number of aromatic hydroxyl groups is 2. The molecule has 0 spiro atoms. The van der Waals surface area contributed by atoms with Gasteiger partial charge in [0.2, 0.25) is 6.33 Å². The number of benzene rings is 1. The Hall–Kier alpha value is -3.50. The van der Waals surface area contributed by atoms with Gasteiger partial charge in [0.1, 0.15) is 11.5 Å². The molecule has 3 N–H and O–H groups in total. The molecule has 1 aromatic heterocycles. The van der Waals surface area contributed by atoms with Gasteiger partial charge in [-0.15, -0.1) is 0 Å². The third-order valence-corrected chi connectivity index (χ3v) is 2.65. The van der Waals surface area contributed by atoms with Crippen molar-refractivity contribution in [2.24, 2.45) is 5.10 Å². The number of nitro groups is 1. The smallest absolute Gasteiger partial charge is 0.490 e. The van der Waals surface area contributed by atoms with Gasteiger partial charge in [-0.05, 0) is 24.0 Å². The Morgan fingerprint density at radius 3 is 2.83 bits per heavy atom. The zero-order valence-corrected chi connectivity index (χ0v) is 11.9. The van der Waals surface area contributed by atoms with Crippen molar-refractivity contribution < 1.29 is 19.9 Å². The second-order valence-electron chi connectivity index (χ2n) is 4.49. The molecule has 0 radical (unpaired) electrons. The fourth-order valence-electron chi connectivity index (χ4n) is 1.63. The molecular formula is C12H12N6O5. The third-order valence-electron chi connectivity index (χ3n) is 2.65. The van der Waals surface area contributed by atoms with Gasteiger partial charge in [0.05, 0.1) is 17.8 Å². The fourth-order valence-corrected chi connectivity index (χ4v) is 1.63. The maximum Gasteiger partial charge on any atom is 0.490 e. The van der Waals surface area contributed by atoms with Crippen LogP contribution in [-0.4, -0.2) is 41.5 Å². The highest BCUT2D eigenvalue weighted by Gasteiger charge is 2.14. The molecule has 2 aromatic rings. The van der Waals surface area contributed by atoms with Crippen LogP contribution in [0.4, 0.5) is 5.95 Å². The first-order chi connectivity index (χ1) is 10.9. The van der Waals surface area contributed by atoms with Crippen molar-refractivity contribution in [1.82, 2.24) is 20.2 Å². The molecule has 0 aliphatic rings. The normalized spacial score (nSPS) is 11.3. The van der Waals surface area contributed by atoms with E-state index in [-0.39, 0.29) is 23.6 Å². The molecule has 0 fully saturated rings. The molecule has 1 amide bonds. The molecular weight excluding hydrogens is 308 g/mol. The number of hydrogen-bond donors (Lipinski definition) is 3. The largest absolute Gasteiger partial charge is 0.508 e. The number of carbonyl (C=O) groups excluding carboxylic acids is 1. The number of phenols is 2. The van der Waals surface area contributed by atoms with Gasteiger partial charge in [-0.25, -0.2) is 5.43 Å². The molecule has 2 rings (SSSR count). The van der Waals surface area contributed by atoms with Gasteiger partial charge >= 0.3 is 5.95 Å². The number of carbonyl (C=O) groups is 1. The van der Waals surface area contributed by atoms with Crippen LogP contribution in [0.2, 0.25) is 0 Å². The lowest BCUT2D eigenvalue weighted by Gasteiger charge is -2.04. The van der Waals surface area contributed by atoms with Crippen molar-refractivity contribution in [2.45, 2.75) is 13.5 Å². The molecule has 0 saturated carbocycles. The van der Waals surface area contributed by atoms with Gasteiger partial charge in [-0.1, -0.05) is 4.98 Å². The second kappa shape index (κ2) is 6.51. The predicted molar refractivity (Wildman–Crippen MR) is 77.0 cm³/mol. The van der Waals surface area contributed by atoms with Crippen molar-refractivity contribution in [2.75, 3.05) is 0 Å². The molecule has 11 heteroatoms. The predicted octanol–water partition coefficient (Wildman–Crippen LogP) is 0.403. The van der Waals surface area contributed by atoms with E-state index in [9.17, 15) is 20.0 Å². The van der Waals surface area contributed by atoms with Gasteiger partial charge in [0.25, 0.3) is 5.91 Å². The van der Waals surface area contributed by atoms with Crippen LogP contribution in [0.5, 0.6) is 11.5 Å². The standard InChI is InChI=1S/C12H12N6O5/c1-7(5-17-6-13-12(16-17)18(22)23)14-15-11(21)9-3-2-8(19)4-10(9)20/h2-4,6,19-20H,5H2,1H3,(H,15,21). The molecule has 0 unspecified atom stereocenters. The molecule has 0 aliphatic carbocycles. The van der Waals surface area contributed by atoms with E-state index in [0.29, 0.717) is 5.71 Å². The minimum absolute atomic E-state index is 0.0595. The van der Waals surface area contributed by atoms with E-state index < -0.39 is 16.8 Å². The topological polar surface area (TPSA) is 156 Å². The number of hydrazone groups is 1. The minimum Gasteiger partial charge on any atom is -0.508 e. The lowest BCUT2D eigenvalue weighted by molar-refractivity contribution is -0.394. The summed E-state index contributed by atoms with van der Waals surface area (Å²) >= 11 is 0. The number of hydrogen-bond acceptors (Lipinski definition) is 8. The first-order valence-electron chi connectivity index (χ1n) is 6.26. The van der Waals surface area contributed by atoms with E-state index in [1.54, 1.807) is 6.92 Å². The van der Waals surface area contributed by atoms with Gasteiger partial charge in [-0.3, -0.25) is 4.79 Å². The Morgan fingerprint density at radius 1 is 1.48 bits per heavy atom. The number of nitrogens with one attached hydrogen (secondary N) is 1. The first kappa shape index (κ1) is 15.9. The lowest BCUT2D eigenvalue weighted by Crippen LogP contribution is -2.20. The second-order valence-corrected chi connectivity index (χ2v) is 4.49. The Kier molecular flexibility index (Phi) is 4.50. The SMILES string of the molecule is CC(Cn1cnc([N+](=O)[O-])n1)=NNC(=O)c1ccc(O)cc1O. The summed E-state index contributed by atoms with van der Waals surface area (Å²) in [5, 5.41) is 36.6. The zero-order valence-electron chi connectivity index (χ0n) is 11.9. The van der Waals surface area contributed by atoms with Gasteiger partial charge in [-0.2, -0.15) is 9.78 Å². The molecule has 23 heavy (non-hydrogen) atoms. The van der Waals surface area contributed by atoms with Crippen LogP contribution in [0.1, 0.15) is 17.3 Å². The van der Waals surface area contributed by atoms with Gasteiger partial charge in [0, 0.05) is 11.2 Å². The van der Waals surface area contributed by atoms with E-state index in [2.05, 4.69) is 20.6 Å².